The third-order valence-electron chi connectivity index (χ3n) is 2.10. The van der Waals surface area contributed by atoms with E-state index < -0.39 is 0 Å². The van der Waals surface area contributed by atoms with E-state index in [1.54, 1.807) is 22.9 Å². The molecule has 1 aromatic carbocycles. The molecule has 0 saturated carbocycles. The van der Waals surface area contributed by atoms with Crippen molar-refractivity contribution in [2.24, 2.45) is 0 Å². The first-order valence-electron chi connectivity index (χ1n) is 4.24. The second-order valence-electron chi connectivity index (χ2n) is 3.39. The molecule has 13 heavy (non-hydrogen) atoms. The molecule has 0 aliphatic rings. The van der Waals surface area contributed by atoms with E-state index in [0.717, 1.165) is 15.8 Å². The molecule has 1 heterocycles. The number of rotatable bonds is 1. The van der Waals surface area contributed by atoms with Crippen molar-refractivity contribution in [2.45, 2.75) is 19.8 Å². The number of phenolic OH excluding ortho intramolecular Hbond substituents is 1. The highest BCUT2D eigenvalue weighted by atomic mass is 32.1. The maximum absolute atomic E-state index is 9.68. The third-order valence-corrected chi connectivity index (χ3v) is 2.89. The van der Waals surface area contributed by atoms with Gasteiger partial charge in [-0.1, -0.05) is 13.8 Å². The molecule has 0 aliphatic carbocycles. The molecule has 0 bridgehead atoms. The van der Waals surface area contributed by atoms with E-state index in [9.17, 15) is 5.11 Å². The monoisotopic (exact) mass is 193 g/mol. The average Bonchev–Trinajstić information content (AvgIpc) is 2.48. The molecular weight excluding hydrogens is 182 g/mol. The zero-order valence-electron chi connectivity index (χ0n) is 7.61. The number of benzene rings is 1. The number of fused-ring (bicyclic) bond motifs is 1. The van der Waals surface area contributed by atoms with E-state index in [2.05, 4.69) is 18.8 Å². The van der Waals surface area contributed by atoms with E-state index in [1.165, 1.54) is 0 Å². The Morgan fingerprint density at radius 1 is 1.38 bits per heavy atom. The molecule has 3 heteroatoms. The minimum Gasteiger partial charge on any atom is -0.508 e. The summed E-state index contributed by atoms with van der Waals surface area (Å²) in [5, 5.41) is 9.68. The standard InChI is InChI=1S/C10H11NOS/c1-6(2)7-3-8-10(4-9(7)12)13-5-11-8/h3-6,12H,1-2H3. The van der Waals surface area contributed by atoms with E-state index in [0.29, 0.717) is 11.7 Å². The number of phenols is 1. The fourth-order valence-corrected chi connectivity index (χ4v) is 2.06. The SMILES string of the molecule is CC(C)c1cc2ncsc2cc1O. The molecule has 0 spiro atoms. The van der Waals surface area contributed by atoms with Gasteiger partial charge in [0.15, 0.2) is 0 Å². The molecule has 0 saturated heterocycles. The summed E-state index contributed by atoms with van der Waals surface area (Å²) in [6.07, 6.45) is 0. The minimum atomic E-state index is 0.339. The topological polar surface area (TPSA) is 33.1 Å². The predicted octanol–water partition coefficient (Wildman–Crippen LogP) is 3.13. The number of nitrogens with zero attached hydrogens (tertiary/aromatic N) is 1. The summed E-state index contributed by atoms with van der Waals surface area (Å²) in [6, 6.07) is 3.76. The normalized spacial score (nSPS) is 11.3. The van der Waals surface area contributed by atoms with Crippen molar-refractivity contribution < 1.29 is 5.11 Å². The Hall–Kier alpha value is -1.09. The smallest absolute Gasteiger partial charge is 0.120 e. The van der Waals surface area contributed by atoms with Crippen molar-refractivity contribution in [3.63, 3.8) is 0 Å². The average molecular weight is 193 g/mol. The second kappa shape index (κ2) is 3.00. The van der Waals surface area contributed by atoms with Crippen LogP contribution in [0, 0.1) is 0 Å². The third kappa shape index (κ3) is 1.40. The fourth-order valence-electron chi connectivity index (χ4n) is 1.37. The van der Waals surface area contributed by atoms with Gasteiger partial charge in [0.2, 0.25) is 0 Å². The van der Waals surface area contributed by atoms with Crippen LogP contribution in [0.1, 0.15) is 25.3 Å². The summed E-state index contributed by atoms with van der Waals surface area (Å²) in [6.45, 7) is 4.13. The number of hydrogen-bond donors (Lipinski definition) is 1. The molecule has 68 valence electrons. The van der Waals surface area contributed by atoms with Crippen LogP contribution in [0.2, 0.25) is 0 Å². The van der Waals surface area contributed by atoms with E-state index in [1.807, 2.05) is 6.07 Å². The van der Waals surface area contributed by atoms with Crippen LogP contribution in [-0.4, -0.2) is 10.1 Å². The van der Waals surface area contributed by atoms with Crippen molar-refractivity contribution in [1.82, 2.24) is 4.98 Å². The Balaban J connectivity index is 2.69. The van der Waals surface area contributed by atoms with Gasteiger partial charge in [0.1, 0.15) is 5.75 Å². The minimum absolute atomic E-state index is 0.339. The van der Waals surface area contributed by atoms with Crippen molar-refractivity contribution in [1.29, 1.82) is 0 Å². The van der Waals surface area contributed by atoms with Gasteiger partial charge in [0.05, 0.1) is 15.7 Å². The van der Waals surface area contributed by atoms with Gasteiger partial charge in [0.25, 0.3) is 0 Å². The van der Waals surface area contributed by atoms with E-state index >= 15 is 0 Å². The van der Waals surface area contributed by atoms with Gasteiger partial charge in [-0.3, -0.25) is 0 Å². The molecule has 0 atom stereocenters. The van der Waals surface area contributed by atoms with Crippen LogP contribution in [0.4, 0.5) is 0 Å². The number of aromatic hydroxyl groups is 1. The van der Waals surface area contributed by atoms with Crippen molar-refractivity contribution in [2.75, 3.05) is 0 Å². The molecule has 0 fully saturated rings. The Morgan fingerprint density at radius 2 is 2.15 bits per heavy atom. The molecule has 1 aromatic heterocycles. The van der Waals surface area contributed by atoms with Crippen LogP contribution in [-0.2, 0) is 0 Å². The van der Waals surface area contributed by atoms with Gasteiger partial charge in [0, 0.05) is 0 Å². The van der Waals surface area contributed by atoms with Gasteiger partial charge < -0.3 is 5.11 Å². The van der Waals surface area contributed by atoms with Gasteiger partial charge in [-0.2, -0.15) is 0 Å². The Morgan fingerprint density at radius 3 is 2.85 bits per heavy atom. The molecule has 2 rings (SSSR count). The van der Waals surface area contributed by atoms with Crippen molar-refractivity contribution >= 4 is 21.6 Å². The maximum Gasteiger partial charge on any atom is 0.120 e. The molecule has 0 radical (unpaired) electrons. The number of aromatic nitrogens is 1. The zero-order valence-corrected chi connectivity index (χ0v) is 8.43. The largest absolute Gasteiger partial charge is 0.508 e. The van der Waals surface area contributed by atoms with Crippen LogP contribution in [0.3, 0.4) is 0 Å². The van der Waals surface area contributed by atoms with Gasteiger partial charge >= 0.3 is 0 Å². The van der Waals surface area contributed by atoms with Crippen LogP contribution >= 0.6 is 11.3 Å². The lowest BCUT2D eigenvalue weighted by Crippen LogP contribution is -1.87. The van der Waals surface area contributed by atoms with Gasteiger partial charge in [-0.15, -0.1) is 11.3 Å². The first-order valence-corrected chi connectivity index (χ1v) is 5.12. The summed E-state index contributed by atoms with van der Waals surface area (Å²) >= 11 is 1.55. The number of hydrogen-bond acceptors (Lipinski definition) is 3. The Labute approximate surface area is 80.9 Å². The molecule has 2 nitrogen and oxygen atoms in total. The second-order valence-corrected chi connectivity index (χ2v) is 4.27. The zero-order chi connectivity index (χ0) is 9.42. The summed E-state index contributed by atoms with van der Waals surface area (Å²) in [4.78, 5) is 4.21. The molecular formula is C10H11NOS. The molecule has 1 N–H and O–H groups in total. The van der Waals surface area contributed by atoms with Crippen molar-refractivity contribution in [3.8, 4) is 5.75 Å². The first kappa shape index (κ1) is 8.51. The van der Waals surface area contributed by atoms with E-state index in [-0.39, 0.29) is 0 Å². The number of thiazole rings is 1. The summed E-state index contributed by atoms with van der Waals surface area (Å²) in [7, 11) is 0. The van der Waals surface area contributed by atoms with Gasteiger partial charge in [-0.25, -0.2) is 4.98 Å². The Bertz CT molecular complexity index is 433. The molecule has 0 amide bonds. The lowest BCUT2D eigenvalue weighted by Gasteiger charge is -2.07. The molecule has 2 aromatic rings. The van der Waals surface area contributed by atoms with Crippen LogP contribution in [0.5, 0.6) is 5.75 Å². The first-order chi connectivity index (χ1) is 6.18. The highest BCUT2D eigenvalue weighted by molar-refractivity contribution is 7.16. The van der Waals surface area contributed by atoms with Crippen LogP contribution in [0.15, 0.2) is 17.6 Å². The molecule has 0 aliphatic heterocycles. The van der Waals surface area contributed by atoms with E-state index in [4.69, 9.17) is 0 Å². The lowest BCUT2D eigenvalue weighted by atomic mass is 10.0. The highest BCUT2D eigenvalue weighted by Gasteiger charge is 2.08. The maximum atomic E-state index is 9.68. The lowest BCUT2D eigenvalue weighted by molar-refractivity contribution is 0.466. The predicted molar refractivity (Wildman–Crippen MR) is 55.4 cm³/mol. The van der Waals surface area contributed by atoms with Crippen LogP contribution in [0.25, 0.3) is 10.2 Å². The molecule has 0 unspecified atom stereocenters. The summed E-state index contributed by atoms with van der Waals surface area (Å²) in [5.41, 5.74) is 3.75. The van der Waals surface area contributed by atoms with Crippen LogP contribution < -0.4 is 0 Å². The van der Waals surface area contributed by atoms with Gasteiger partial charge in [-0.05, 0) is 23.6 Å². The summed E-state index contributed by atoms with van der Waals surface area (Å²) < 4.78 is 1.04. The summed E-state index contributed by atoms with van der Waals surface area (Å²) in [5.74, 6) is 0.720. The Kier molecular flexibility index (Phi) is 1.96. The quantitative estimate of drug-likeness (QED) is 0.754. The highest BCUT2D eigenvalue weighted by Crippen LogP contribution is 2.31. The fraction of sp³-hybridized carbons (Fsp3) is 0.300. The van der Waals surface area contributed by atoms with Crippen molar-refractivity contribution in [3.05, 3.63) is 23.2 Å².